The van der Waals surface area contributed by atoms with Gasteiger partial charge in [0.05, 0.1) is 6.61 Å². The molecule has 0 saturated carbocycles. The largest absolute Gasteiger partial charge is 0.491 e. The van der Waals surface area contributed by atoms with Gasteiger partial charge in [0.2, 0.25) is 0 Å². The average Bonchev–Trinajstić information content (AvgIpc) is 2.87. The molecule has 0 fully saturated rings. The zero-order valence-electron chi connectivity index (χ0n) is 11.1. The van der Waals surface area contributed by atoms with Gasteiger partial charge in [-0.25, -0.2) is 0 Å². The van der Waals surface area contributed by atoms with E-state index in [1.54, 1.807) is 11.8 Å². The highest BCUT2D eigenvalue weighted by atomic mass is 32.2. The molecule has 1 aliphatic rings. The maximum absolute atomic E-state index is 10.6. The van der Waals surface area contributed by atoms with Gasteiger partial charge in [0.15, 0.2) is 0 Å². The Morgan fingerprint density at radius 1 is 1.25 bits per heavy atom. The van der Waals surface area contributed by atoms with Crippen LogP contribution in [-0.4, -0.2) is 23.5 Å². The van der Waals surface area contributed by atoms with Gasteiger partial charge >= 0.3 is 7.12 Å². The van der Waals surface area contributed by atoms with Crippen molar-refractivity contribution in [1.29, 1.82) is 0 Å². The fraction of sp³-hybridized carbons (Fsp3) is 0.200. The molecule has 2 aromatic rings. The second kappa shape index (κ2) is 5.62. The van der Waals surface area contributed by atoms with Crippen molar-refractivity contribution in [3.05, 3.63) is 59.2 Å². The van der Waals surface area contributed by atoms with Crippen molar-refractivity contribution >= 4 is 24.3 Å². The van der Waals surface area contributed by atoms with Crippen molar-refractivity contribution in [3.63, 3.8) is 0 Å². The van der Waals surface area contributed by atoms with Crippen LogP contribution < -0.4 is 5.46 Å². The summed E-state index contributed by atoms with van der Waals surface area (Å²) in [5.41, 5.74) is 3.39. The Balaban J connectivity index is 1.99. The van der Waals surface area contributed by atoms with Crippen LogP contribution in [0.3, 0.4) is 0 Å². The molecule has 1 aliphatic heterocycles. The highest BCUT2D eigenvalue weighted by Gasteiger charge is 2.28. The third-order valence-corrected chi connectivity index (χ3v) is 4.39. The van der Waals surface area contributed by atoms with Crippen LogP contribution in [0.5, 0.6) is 0 Å². The summed E-state index contributed by atoms with van der Waals surface area (Å²) in [7, 11) is -0.882. The fourth-order valence-electron chi connectivity index (χ4n) is 2.48. The Kier molecular flexibility index (Phi) is 3.85. The van der Waals surface area contributed by atoms with Crippen LogP contribution in [-0.2, 0) is 11.3 Å². The Labute approximate surface area is 122 Å². The van der Waals surface area contributed by atoms with Crippen LogP contribution in [0.4, 0.5) is 0 Å². The molecular formula is C15H15BO3S. The number of fused-ring (bicyclic) bond motifs is 1. The summed E-state index contributed by atoms with van der Waals surface area (Å²) in [6, 6.07) is 13.4. The normalized spacial score (nSPS) is 15.2. The number of hydrogen-bond donors (Lipinski definition) is 2. The highest BCUT2D eigenvalue weighted by molar-refractivity contribution is 7.98. The van der Waals surface area contributed by atoms with Crippen LogP contribution in [0, 0.1) is 0 Å². The van der Waals surface area contributed by atoms with Crippen LogP contribution in [0.1, 0.15) is 22.8 Å². The standard InChI is InChI=1S/C15H15BO3S/c1-20-14-5-3-2-4-12(14)15(17)10-6-7-11-9-19-16(18)13(11)8-10/h2-8,15,17-18H,9H2,1H3. The smallest absolute Gasteiger partial charge is 0.423 e. The third-order valence-electron chi connectivity index (χ3n) is 3.58. The molecule has 5 heteroatoms. The van der Waals surface area contributed by atoms with Gasteiger partial charge in [0.1, 0.15) is 6.10 Å². The molecule has 0 spiro atoms. The minimum absolute atomic E-state index is 0.425. The summed E-state index contributed by atoms with van der Waals surface area (Å²) in [5.74, 6) is 0. The van der Waals surface area contributed by atoms with Crippen molar-refractivity contribution < 1.29 is 14.8 Å². The van der Waals surface area contributed by atoms with Gasteiger partial charge in [0, 0.05) is 4.90 Å². The number of benzene rings is 2. The molecule has 0 saturated heterocycles. The topological polar surface area (TPSA) is 49.7 Å². The molecule has 3 rings (SSSR count). The van der Waals surface area contributed by atoms with Gasteiger partial charge in [-0.1, -0.05) is 36.4 Å². The van der Waals surface area contributed by atoms with Crippen molar-refractivity contribution in [2.75, 3.05) is 6.26 Å². The van der Waals surface area contributed by atoms with Crippen molar-refractivity contribution in [1.82, 2.24) is 0 Å². The van der Waals surface area contributed by atoms with E-state index in [-0.39, 0.29) is 0 Å². The number of aliphatic hydroxyl groups is 1. The average molecular weight is 286 g/mol. The molecule has 0 aromatic heterocycles. The summed E-state index contributed by atoms with van der Waals surface area (Å²) in [6.45, 7) is 0.425. The van der Waals surface area contributed by atoms with Gasteiger partial charge < -0.3 is 14.8 Å². The number of thioether (sulfide) groups is 1. The Morgan fingerprint density at radius 3 is 2.85 bits per heavy atom. The predicted octanol–water partition coefficient (Wildman–Crippen LogP) is 1.71. The van der Waals surface area contributed by atoms with Crippen molar-refractivity contribution in [3.8, 4) is 0 Å². The molecule has 0 bridgehead atoms. The summed E-state index contributed by atoms with van der Waals surface area (Å²) < 4.78 is 5.18. The number of hydrogen-bond acceptors (Lipinski definition) is 4. The lowest BCUT2D eigenvalue weighted by atomic mass is 9.78. The second-order valence-electron chi connectivity index (χ2n) is 4.77. The monoisotopic (exact) mass is 286 g/mol. The Morgan fingerprint density at radius 2 is 2.05 bits per heavy atom. The van der Waals surface area contributed by atoms with Gasteiger partial charge in [-0.05, 0) is 34.5 Å². The summed E-state index contributed by atoms with van der Waals surface area (Å²) in [6.07, 6.45) is 1.29. The molecule has 0 radical (unpaired) electrons. The minimum atomic E-state index is -0.882. The van der Waals surface area contributed by atoms with Gasteiger partial charge in [-0.2, -0.15) is 0 Å². The maximum atomic E-state index is 10.6. The lowest BCUT2D eigenvalue weighted by Crippen LogP contribution is -2.28. The SMILES string of the molecule is CSc1ccccc1C(O)c1ccc2c(c1)B(O)OC2. The number of rotatable bonds is 3. The molecule has 1 heterocycles. The Bertz CT molecular complexity index is 632. The summed E-state index contributed by atoms with van der Waals surface area (Å²) >= 11 is 1.61. The molecule has 1 atom stereocenters. The van der Waals surface area contributed by atoms with Gasteiger partial charge in [-0.15, -0.1) is 11.8 Å². The van der Waals surface area contributed by atoms with E-state index in [4.69, 9.17) is 4.65 Å². The summed E-state index contributed by atoms with van der Waals surface area (Å²) in [5, 5.41) is 20.3. The van der Waals surface area contributed by atoms with E-state index in [9.17, 15) is 10.1 Å². The van der Waals surface area contributed by atoms with Crippen molar-refractivity contribution in [2.24, 2.45) is 0 Å². The van der Waals surface area contributed by atoms with E-state index in [1.807, 2.05) is 48.7 Å². The molecular weight excluding hydrogens is 271 g/mol. The molecule has 102 valence electrons. The fourth-order valence-corrected chi connectivity index (χ4v) is 3.11. The van der Waals surface area contributed by atoms with Crippen molar-refractivity contribution in [2.45, 2.75) is 17.6 Å². The van der Waals surface area contributed by atoms with Crippen LogP contribution in [0.15, 0.2) is 47.4 Å². The molecule has 2 aromatic carbocycles. The second-order valence-corrected chi connectivity index (χ2v) is 5.61. The lowest BCUT2D eigenvalue weighted by Gasteiger charge is -2.15. The molecule has 0 aliphatic carbocycles. The zero-order valence-corrected chi connectivity index (χ0v) is 11.9. The predicted molar refractivity (Wildman–Crippen MR) is 81.1 cm³/mol. The first-order chi connectivity index (χ1) is 9.70. The van der Waals surface area contributed by atoms with Crippen LogP contribution in [0.25, 0.3) is 0 Å². The third kappa shape index (κ3) is 2.38. The first-order valence-electron chi connectivity index (χ1n) is 6.44. The maximum Gasteiger partial charge on any atom is 0.491 e. The molecule has 20 heavy (non-hydrogen) atoms. The molecule has 3 nitrogen and oxygen atoms in total. The van der Waals surface area contributed by atoms with Gasteiger partial charge in [0.25, 0.3) is 0 Å². The van der Waals surface area contributed by atoms with E-state index in [2.05, 4.69) is 0 Å². The van der Waals surface area contributed by atoms with Crippen LogP contribution in [0.2, 0.25) is 0 Å². The lowest BCUT2D eigenvalue weighted by molar-refractivity contribution is 0.217. The zero-order chi connectivity index (χ0) is 14.1. The molecule has 0 amide bonds. The van der Waals surface area contributed by atoms with Gasteiger partial charge in [-0.3, -0.25) is 0 Å². The summed E-state index contributed by atoms with van der Waals surface area (Å²) in [4.78, 5) is 1.05. The van der Waals surface area contributed by atoms with E-state index in [1.165, 1.54) is 0 Å². The highest BCUT2D eigenvalue weighted by Crippen LogP contribution is 2.30. The molecule has 1 unspecified atom stereocenters. The van der Waals surface area contributed by atoms with E-state index < -0.39 is 13.2 Å². The first-order valence-corrected chi connectivity index (χ1v) is 7.66. The van der Waals surface area contributed by atoms with E-state index in [0.717, 1.165) is 27.0 Å². The number of aliphatic hydroxyl groups excluding tert-OH is 1. The minimum Gasteiger partial charge on any atom is -0.423 e. The Hall–Kier alpha value is -1.27. The van der Waals surface area contributed by atoms with Crippen LogP contribution >= 0.6 is 11.8 Å². The van der Waals surface area contributed by atoms with E-state index in [0.29, 0.717) is 6.61 Å². The first kappa shape index (κ1) is 13.7. The molecule has 2 N–H and O–H groups in total. The van der Waals surface area contributed by atoms with E-state index >= 15 is 0 Å². The quantitative estimate of drug-likeness (QED) is 0.666.